The number of piperidine rings is 1. The molecule has 4 rings (SSSR count). The number of nitrogens with zero attached hydrogens (tertiary/aromatic N) is 4. The van der Waals surface area contributed by atoms with Crippen molar-refractivity contribution in [2.75, 3.05) is 13.1 Å². The van der Waals surface area contributed by atoms with Crippen LogP contribution >= 0.6 is 23.8 Å². The van der Waals surface area contributed by atoms with Gasteiger partial charge >= 0.3 is 0 Å². The van der Waals surface area contributed by atoms with Gasteiger partial charge in [0.2, 0.25) is 0 Å². The van der Waals surface area contributed by atoms with Gasteiger partial charge in [-0.25, -0.2) is 4.68 Å². The molecule has 0 spiro atoms. The number of carbonyl (C=O) groups excluding carboxylic acids is 1. The van der Waals surface area contributed by atoms with E-state index in [0.717, 1.165) is 49.4 Å². The van der Waals surface area contributed by atoms with E-state index in [1.54, 1.807) is 0 Å². The van der Waals surface area contributed by atoms with Gasteiger partial charge in [0, 0.05) is 41.7 Å². The first-order valence-corrected chi connectivity index (χ1v) is 11.1. The highest BCUT2D eigenvalue weighted by Gasteiger charge is 2.26. The van der Waals surface area contributed by atoms with Gasteiger partial charge < -0.3 is 4.57 Å². The zero-order valence-electron chi connectivity index (χ0n) is 17.0. The van der Waals surface area contributed by atoms with Gasteiger partial charge in [-0.1, -0.05) is 41.9 Å². The summed E-state index contributed by atoms with van der Waals surface area (Å²) in [6.45, 7) is 5.19. The van der Waals surface area contributed by atoms with E-state index in [-0.39, 0.29) is 11.7 Å². The van der Waals surface area contributed by atoms with Crippen molar-refractivity contribution in [2.24, 2.45) is 5.92 Å². The van der Waals surface area contributed by atoms with Crippen LogP contribution in [-0.4, -0.2) is 38.1 Å². The fourth-order valence-corrected chi connectivity index (χ4v) is 4.43. The number of ketones is 1. The van der Waals surface area contributed by atoms with Gasteiger partial charge in [-0.15, -0.1) is 0 Å². The summed E-state index contributed by atoms with van der Waals surface area (Å²) in [6.07, 6.45) is 1.72. The minimum Gasteiger partial charge on any atom is -0.300 e. The molecule has 0 atom stereocenters. The summed E-state index contributed by atoms with van der Waals surface area (Å²) in [6, 6.07) is 17.3. The second-order valence-electron chi connectivity index (χ2n) is 7.62. The zero-order chi connectivity index (χ0) is 21.1. The van der Waals surface area contributed by atoms with Gasteiger partial charge in [-0.05, 0) is 56.2 Å². The van der Waals surface area contributed by atoms with Crippen molar-refractivity contribution in [1.29, 1.82) is 0 Å². The van der Waals surface area contributed by atoms with Crippen LogP contribution in [-0.2, 0) is 13.2 Å². The zero-order valence-corrected chi connectivity index (χ0v) is 18.6. The van der Waals surface area contributed by atoms with Gasteiger partial charge in [0.15, 0.2) is 16.4 Å². The van der Waals surface area contributed by atoms with E-state index in [4.69, 9.17) is 28.9 Å². The Kier molecular flexibility index (Phi) is 6.46. The molecule has 1 aliphatic rings. The molecule has 1 saturated heterocycles. The molecule has 1 aromatic heterocycles. The standard InChI is InChI=1S/C23H25ClN4OS/c1-2-27-22(19-8-10-20(24)11-9-19)25-28(23(27)30)16-26-14-12-18(13-15-26)21(29)17-6-4-3-5-7-17/h3-11,18H,2,12-16H2,1H3. The molecule has 0 unspecified atom stereocenters. The Hall–Kier alpha value is -2.28. The molecule has 1 fully saturated rings. The first-order chi connectivity index (χ1) is 14.6. The van der Waals surface area contributed by atoms with Gasteiger partial charge in [-0.2, -0.15) is 5.10 Å². The molecule has 0 aliphatic carbocycles. The predicted molar refractivity (Wildman–Crippen MR) is 122 cm³/mol. The molecule has 5 nitrogen and oxygen atoms in total. The molecule has 0 radical (unpaired) electrons. The Morgan fingerprint density at radius 3 is 2.40 bits per heavy atom. The average molecular weight is 441 g/mol. The highest BCUT2D eigenvalue weighted by atomic mass is 35.5. The molecule has 0 saturated carbocycles. The van der Waals surface area contributed by atoms with Crippen LogP contribution < -0.4 is 0 Å². The lowest BCUT2D eigenvalue weighted by Gasteiger charge is -2.30. The molecule has 30 heavy (non-hydrogen) atoms. The number of hydrogen-bond acceptors (Lipinski definition) is 4. The molecule has 0 bridgehead atoms. The Morgan fingerprint density at radius 2 is 1.77 bits per heavy atom. The molecule has 7 heteroatoms. The summed E-state index contributed by atoms with van der Waals surface area (Å²) >= 11 is 11.7. The number of carbonyl (C=O) groups is 1. The van der Waals surface area contributed by atoms with Crippen molar-refractivity contribution in [3.63, 3.8) is 0 Å². The Balaban J connectivity index is 1.45. The van der Waals surface area contributed by atoms with Crippen molar-refractivity contribution in [3.8, 4) is 11.4 Å². The van der Waals surface area contributed by atoms with Crippen molar-refractivity contribution in [3.05, 3.63) is 70.0 Å². The second kappa shape index (κ2) is 9.25. The molecular weight excluding hydrogens is 416 g/mol. The van der Waals surface area contributed by atoms with E-state index < -0.39 is 0 Å². The number of likely N-dealkylation sites (tertiary alicyclic amines) is 1. The summed E-state index contributed by atoms with van der Waals surface area (Å²) in [5.74, 6) is 1.20. The van der Waals surface area contributed by atoms with E-state index in [1.165, 1.54) is 0 Å². The van der Waals surface area contributed by atoms with Crippen LogP contribution in [0.25, 0.3) is 11.4 Å². The van der Waals surface area contributed by atoms with Gasteiger partial charge in [0.25, 0.3) is 0 Å². The maximum Gasteiger partial charge on any atom is 0.199 e. The van der Waals surface area contributed by atoms with Crippen molar-refractivity contribution in [2.45, 2.75) is 33.0 Å². The van der Waals surface area contributed by atoms with Crippen LogP contribution in [0.3, 0.4) is 0 Å². The van der Waals surface area contributed by atoms with E-state index in [0.29, 0.717) is 16.5 Å². The van der Waals surface area contributed by atoms with E-state index in [1.807, 2.05) is 63.8 Å². The van der Waals surface area contributed by atoms with Crippen molar-refractivity contribution in [1.82, 2.24) is 19.2 Å². The molecule has 1 aliphatic heterocycles. The number of benzene rings is 2. The molecule has 0 N–H and O–H groups in total. The van der Waals surface area contributed by atoms with Gasteiger partial charge in [-0.3, -0.25) is 9.69 Å². The second-order valence-corrected chi connectivity index (χ2v) is 8.42. The summed E-state index contributed by atoms with van der Waals surface area (Å²) in [5.41, 5.74) is 1.81. The largest absolute Gasteiger partial charge is 0.300 e. The highest BCUT2D eigenvalue weighted by molar-refractivity contribution is 7.71. The third-order valence-electron chi connectivity index (χ3n) is 5.69. The number of rotatable bonds is 6. The lowest BCUT2D eigenvalue weighted by Crippen LogP contribution is -2.37. The molecule has 2 aromatic carbocycles. The first-order valence-electron chi connectivity index (χ1n) is 10.3. The van der Waals surface area contributed by atoms with E-state index in [2.05, 4.69) is 11.8 Å². The molecule has 156 valence electrons. The van der Waals surface area contributed by atoms with Crippen molar-refractivity contribution < 1.29 is 4.79 Å². The lowest BCUT2D eigenvalue weighted by molar-refractivity contribution is 0.0803. The Bertz CT molecular complexity index is 1070. The average Bonchev–Trinajstić information content (AvgIpc) is 3.10. The molecule has 2 heterocycles. The van der Waals surface area contributed by atoms with Crippen LogP contribution in [0.5, 0.6) is 0 Å². The summed E-state index contributed by atoms with van der Waals surface area (Å²) < 4.78 is 4.65. The molecule has 3 aromatic rings. The third kappa shape index (κ3) is 4.41. The predicted octanol–water partition coefficient (Wildman–Crippen LogP) is 5.31. The van der Waals surface area contributed by atoms with Crippen LogP contribution in [0.2, 0.25) is 5.02 Å². The van der Waals surface area contributed by atoms with E-state index in [9.17, 15) is 4.79 Å². The minimum absolute atomic E-state index is 0.0921. The lowest BCUT2D eigenvalue weighted by atomic mass is 9.89. The number of Topliss-reactive ketones (excluding diaryl/α,β-unsaturated/α-hetero) is 1. The Morgan fingerprint density at radius 1 is 1.10 bits per heavy atom. The smallest absolute Gasteiger partial charge is 0.199 e. The van der Waals surface area contributed by atoms with Crippen LogP contribution in [0.1, 0.15) is 30.1 Å². The number of halogens is 1. The van der Waals surface area contributed by atoms with Gasteiger partial charge in [0.05, 0.1) is 6.67 Å². The monoisotopic (exact) mass is 440 g/mol. The minimum atomic E-state index is 0.0921. The Labute approximate surface area is 186 Å². The molecular formula is C23H25ClN4OS. The fourth-order valence-electron chi connectivity index (χ4n) is 3.99. The number of aromatic nitrogens is 3. The van der Waals surface area contributed by atoms with Crippen molar-refractivity contribution >= 4 is 29.6 Å². The number of hydrogen-bond donors (Lipinski definition) is 0. The maximum absolute atomic E-state index is 12.7. The van der Waals surface area contributed by atoms with Crippen LogP contribution in [0.15, 0.2) is 54.6 Å². The first kappa shape index (κ1) is 21.0. The topological polar surface area (TPSA) is 43.1 Å². The highest BCUT2D eigenvalue weighted by Crippen LogP contribution is 2.24. The summed E-state index contributed by atoms with van der Waals surface area (Å²) in [5, 5.41) is 5.50. The summed E-state index contributed by atoms with van der Waals surface area (Å²) in [4.78, 5) is 15.0. The molecule has 0 amide bonds. The summed E-state index contributed by atoms with van der Waals surface area (Å²) in [7, 11) is 0. The third-order valence-corrected chi connectivity index (χ3v) is 6.38. The fraction of sp³-hybridized carbons (Fsp3) is 0.348. The van der Waals surface area contributed by atoms with E-state index >= 15 is 0 Å². The quantitative estimate of drug-likeness (QED) is 0.385. The van der Waals surface area contributed by atoms with Gasteiger partial charge in [0.1, 0.15) is 0 Å². The van der Waals surface area contributed by atoms with Crippen LogP contribution in [0.4, 0.5) is 0 Å². The van der Waals surface area contributed by atoms with Crippen LogP contribution in [0, 0.1) is 10.7 Å². The SMILES string of the molecule is CCn1c(-c2ccc(Cl)cc2)nn(CN2CCC(C(=O)c3ccccc3)CC2)c1=S. The normalized spacial score (nSPS) is 15.4. The maximum atomic E-state index is 12.7.